The van der Waals surface area contributed by atoms with Gasteiger partial charge < -0.3 is 9.15 Å². The Morgan fingerprint density at radius 3 is 2.73 bits per heavy atom. The number of para-hydroxylation sites is 1. The highest BCUT2D eigenvalue weighted by molar-refractivity contribution is 6.01. The predicted octanol–water partition coefficient (Wildman–Crippen LogP) is 3.67. The molecule has 0 fully saturated rings. The first-order valence-electron chi connectivity index (χ1n) is 7.85. The van der Waals surface area contributed by atoms with Crippen LogP contribution in [0.4, 0.5) is 4.39 Å². The molecule has 0 saturated carbocycles. The van der Waals surface area contributed by atoms with Crippen molar-refractivity contribution < 1.29 is 18.3 Å². The molecule has 130 valence electrons. The number of fused-ring (bicyclic) bond motifs is 1. The number of benzene rings is 2. The van der Waals surface area contributed by atoms with Crippen molar-refractivity contribution >= 4 is 16.9 Å². The first-order chi connectivity index (χ1) is 12.6. The van der Waals surface area contributed by atoms with Crippen LogP contribution in [0.1, 0.15) is 29.4 Å². The number of esters is 1. The Bertz CT molecular complexity index is 1070. The highest BCUT2D eigenvalue weighted by atomic mass is 19.1. The summed E-state index contributed by atoms with van der Waals surface area (Å²) in [5.74, 6) is -0.607. The van der Waals surface area contributed by atoms with Crippen molar-refractivity contribution in [1.29, 1.82) is 0 Å². The molecule has 7 nitrogen and oxygen atoms in total. The summed E-state index contributed by atoms with van der Waals surface area (Å²) in [7, 11) is 0. The van der Waals surface area contributed by atoms with Crippen LogP contribution in [0.5, 0.6) is 0 Å². The number of ether oxygens (including phenoxy) is 1. The van der Waals surface area contributed by atoms with Crippen LogP contribution in [-0.4, -0.2) is 26.4 Å². The predicted molar refractivity (Wildman–Crippen MR) is 89.6 cm³/mol. The lowest BCUT2D eigenvalue weighted by Gasteiger charge is -2.07. The molecule has 0 unspecified atom stereocenters. The second kappa shape index (κ2) is 6.40. The van der Waals surface area contributed by atoms with Gasteiger partial charge >= 0.3 is 5.97 Å². The van der Waals surface area contributed by atoms with E-state index in [2.05, 4.69) is 20.4 Å². The third-order valence-electron chi connectivity index (χ3n) is 3.83. The summed E-state index contributed by atoms with van der Waals surface area (Å²) in [6, 6.07) is 12.9. The van der Waals surface area contributed by atoms with E-state index in [1.54, 1.807) is 13.0 Å². The molecule has 4 rings (SSSR count). The summed E-state index contributed by atoms with van der Waals surface area (Å²) < 4.78 is 23.9. The zero-order valence-electron chi connectivity index (χ0n) is 13.6. The number of nitrogens with zero attached hydrogens (tertiary/aromatic N) is 3. The van der Waals surface area contributed by atoms with E-state index in [9.17, 15) is 9.18 Å². The van der Waals surface area contributed by atoms with Gasteiger partial charge in [-0.1, -0.05) is 18.2 Å². The standard InChI is InChI=1S/C18H13FN4O3/c1-10(16-22-23-17(26-16)11-6-8-12(19)9-7-11)25-18(24)15-13-4-2-3-5-14(13)20-21-15/h2-10H,1H3,(H,20,21)/t10-/m0/s1. The lowest BCUT2D eigenvalue weighted by Crippen LogP contribution is -2.10. The average molecular weight is 352 g/mol. The van der Waals surface area contributed by atoms with Gasteiger partial charge in [0.05, 0.1) is 5.52 Å². The number of carbonyl (C=O) groups excluding carboxylic acids is 1. The molecule has 0 radical (unpaired) electrons. The van der Waals surface area contributed by atoms with Gasteiger partial charge in [-0.25, -0.2) is 9.18 Å². The summed E-state index contributed by atoms with van der Waals surface area (Å²) in [6.45, 7) is 1.62. The summed E-state index contributed by atoms with van der Waals surface area (Å²) in [5, 5.41) is 15.3. The molecule has 0 amide bonds. The van der Waals surface area contributed by atoms with Gasteiger partial charge in [-0.15, -0.1) is 10.2 Å². The highest BCUT2D eigenvalue weighted by Crippen LogP contribution is 2.24. The number of H-pyrrole nitrogens is 1. The van der Waals surface area contributed by atoms with Crippen molar-refractivity contribution in [2.24, 2.45) is 0 Å². The number of carbonyl (C=O) groups is 1. The topological polar surface area (TPSA) is 93.9 Å². The van der Waals surface area contributed by atoms with Gasteiger partial charge in [-0.3, -0.25) is 5.10 Å². The van der Waals surface area contributed by atoms with Crippen LogP contribution in [0.3, 0.4) is 0 Å². The van der Waals surface area contributed by atoms with Gasteiger partial charge in [-0.05, 0) is 37.3 Å². The van der Waals surface area contributed by atoms with E-state index in [0.717, 1.165) is 5.52 Å². The van der Waals surface area contributed by atoms with E-state index in [1.807, 2.05) is 18.2 Å². The molecule has 26 heavy (non-hydrogen) atoms. The van der Waals surface area contributed by atoms with Crippen LogP contribution in [0.15, 0.2) is 52.9 Å². The first kappa shape index (κ1) is 15.9. The first-order valence-corrected chi connectivity index (χ1v) is 7.85. The fourth-order valence-corrected chi connectivity index (χ4v) is 2.49. The van der Waals surface area contributed by atoms with Crippen molar-refractivity contribution in [3.05, 3.63) is 65.9 Å². The molecule has 1 atom stereocenters. The van der Waals surface area contributed by atoms with Crippen LogP contribution >= 0.6 is 0 Å². The monoisotopic (exact) mass is 352 g/mol. The molecule has 0 aliphatic carbocycles. The van der Waals surface area contributed by atoms with Crippen LogP contribution in [-0.2, 0) is 4.74 Å². The Morgan fingerprint density at radius 2 is 1.92 bits per heavy atom. The molecule has 0 bridgehead atoms. The number of rotatable bonds is 4. The maximum absolute atomic E-state index is 13.0. The molecule has 2 aromatic heterocycles. The minimum atomic E-state index is -0.764. The van der Waals surface area contributed by atoms with E-state index in [-0.39, 0.29) is 23.3 Å². The van der Waals surface area contributed by atoms with Gasteiger partial charge in [-0.2, -0.15) is 5.10 Å². The van der Waals surface area contributed by atoms with E-state index < -0.39 is 12.1 Å². The summed E-state index contributed by atoms with van der Waals surface area (Å²) >= 11 is 0. The van der Waals surface area contributed by atoms with Crippen LogP contribution in [0.25, 0.3) is 22.4 Å². The van der Waals surface area contributed by atoms with Crippen LogP contribution in [0.2, 0.25) is 0 Å². The van der Waals surface area contributed by atoms with Gasteiger partial charge in [0.1, 0.15) is 5.82 Å². The molecule has 4 aromatic rings. The lowest BCUT2D eigenvalue weighted by molar-refractivity contribution is 0.0275. The van der Waals surface area contributed by atoms with Crippen LogP contribution < -0.4 is 0 Å². The fraction of sp³-hybridized carbons (Fsp3) is 0.111. The quantitative estimate of drug-likeness (QED) is 0.563. The zero-order valence-corrected chi connectivity index (χ0v) is 13.6. The van der Waals surface area contributed by atoms with Gasteiger partial charge in [0.15, 0.2) is 11.8 Å². The third kappa shape index (κ3) is 2.92. The van der Waals surface area contributed by atoms with Crippen molar-refractivity contribution in [3.8, 4) is 11.5 Å². The zero-order chi connectivity index (χ0) is 18.1. The Kier molecular flexibility index (Phi) is 3.92. The molecule has 0 spiro atoms. The largest absolute Gasteiger partial charge is 0.448 e. The third-order valence-corrected chi connectivity index (χ3v) is 3.83. The van der Waals surface area contributed by atoms with Gasteiger partial charge in [0.2, 0.25) is 5.89 Å². The van der Waals surface area contributed by atoms with E-state index >= 15 is 0 Å². The Balaban J connectivity index is 1.52. The summed E-state index contributed by atoms with van der Waals surface area (Å²) in [4.78, 5) is 12.4. The molecule has 1 N–H and O–H groups in total. The van der Waals surface area contributed by atoms with E-state index in [4.69, 9.17) is 9.15 Å². The second-order valence-electron chi connectivity index (χ2n) is 5.62. The van der Waals surface area contributed by atoms with E-state index in [1.165, 1.54) is 24.3 Å². The maximum Gasteiger partial charge on any atom is 0.360 e. The highest BCUT2D eigenvalue weighted by Gasteiger charge is 2.22. The number of aromatic amines is 1. The molecule has 0 aliphatic rings. The number of nitrogens with one attached hydrogen (secondary N) is 1. The van der Waals surface area contributed by atoms with Gasteiger partial charge in [0, 0.05) is 10.9 Å². The smallest absolute Gasteiger partial charge is 0.360 e. The van der Waals surface area contributed by atoms with Crippen molar-refractivity contribution in [2.45, 2.75) is 13.0 Å². The van der Waals surface area contributed by atoms with Gasteiger partial charge in [0.25, 0.3) is 5.89 Å². The summed E-state index contributed by atoms with van der Waals surface area (Å²) in [5.41, 5.74) is 1.50. The molecule has 0 saturated heterocycles. The molecular weight excluding hydrogens is 339 g/mol. The normalized spacial score (nSPS) is 12.2. The fourth-order valence-electron chi connectivity index (χ4n) is 2.49. The number of halogens is 1. The number of hydrogen-bond donors (Lipinski definition) is 1. The molecule has 2 aromatic carbocycles. The van der Waals surface area contributed by atoms with Crippen molar-refractivity contribution in [2.75, 3.05) is 0 Å². The average Bonchev–Trinajstić information content (AvgIpc) is 3.30. The molecule has 8 heteroatoms. The SMILES string of the molecule is C[C@H](OC(=O)c1n[nH]c2ccccc12)c1nnc(-c2ccc(F)cc2)o1. The van der Waals surface area contributed by atoms with E-state index in [0.29, 0.717) is 10.9 Å². The minimum absolute atomic E-state index is 0.137. The number of aromatic nitrogens is 4. The Morgan fingerprint density at radius 1 is 1.15 bits per heavy atom. The maximum atomic E-state index is 13.0. The molecular formula is C18H13FN4O3. The van der Waals surface area contributed by atoms with Crippen molar-refractivity contribution in [3.63, 3.8) is 0 Å². The molecule has 2 heterocycles. The van der Waals surface area contributed by atoms with Crippen LogP contribution in [0, 0.1) is 5.82 Å². The minimum Gasteiger partial charge on any atom is -0.448 e. The Labute approximate surface area is 146 Å². The second-order valence-corrected chi connectivity index (χ2v) is 5.62. The van der Waals surface area contributed by atoms with Crippen molar-refractivity contribution in [1.82, 2.24) is 20.4 Å². The Hall–Kier alpha value is -3.55. The summed E-state index contributed by atoms with van der Waals surface area (Å²) in [6.07, 6.45) is -0.764. The number of hydrogen-bond acceptors (Lipinski definition) is 6. The lowest BCUT2D eigenvalue weighted by atomic mass is 10.2. The molecule has 0 aliphatic heterocycles.